The molecule has 1 saturated heterocycles. The third-order valence-electron chi connectivity index (χ3n) is 3.57. The fraction of sp³-hybridized carbons (Fsp3) is 0.625. The van der Waals surface area contributed by atoms with Crippen LogP contribution in [0, 0.1) is 5.92 Å². The summed E-state index contributed by atoms with van der Waals surface area (Å²) >= 11 is 0. The molecule has 1 aliphatic heterocycles. The molecular formula is C16H25NO. The molecule has 1 aromatic rings. The first kappa shape index (κ1) is 13.4. The molecule has 2 heteroatoms. The van der Waals surface area contributed by atoms with Crippen molar-refractivity contribution in [3.05, 3.63) is 29.8 Å². The topological polar surface area (TPSA) is 21.3 Å². The summed E-state index contributed by atoms with van der Waals surface area (Å²) in [6.45, 7) is 6.53. The Morgan fingerprint density at radius 1 is 1.28 bits per heavy atom. The Balaban J connectivity index is 1.84. The van der Waals surface area contributed by atoms with Gasteiger partial charge < -0.3 is 10.1 Å². The van der Waals surface area contributed by atoms with Crippen LogP contribution in [0.1, 0.15) is 38.7 Å². The molecule has 0 saturated carbocycles. The van der Waals surface area contributed by atoms with E-state index >= 15 is 0 Å². The Bertz CT molecular complexity index is 356. The number of aryl methyl sites for hydroxylation is 1. The predicted molar refractivity (Wildman–Crippen MR) is 76.1 cm³/mol. The number of ether oxygens (including phenoxy) is 1. The monoisotopic (exact) mass is 247 g/mol. The number of hydrogen-bond donors (Lipinski definition) is 1. The first-order valence-corrected chi connectivity index (χ1v) is 7.20. The van der Waals surface area contributed by atoms with E-state index in [0.29, 0.717) is 0 Å². The molecule has 2 rings (SSSR count). The van der Waals surface area contributed by atoms with Gasteiger partial charge in [0.15, 0.2) is 0 Å². The van der Waals surface area contributed by atoms with Gasteiger partial charge in [-0.15, -0.1) is 0 Å². The summed E-state index contributed by atoms with van der Waals surface area (Å²) < 4.78 is 5.74. The molecule has 100 valence electrons. The number of rotatable bonds is 5. The minimum Gasteiger partial charge on any atom is -0.491 e. The van der Waals surface area contributed by atoms with Crippen molar-refractivity contribution in [1.29, 1.82) is 0 Å². The summed E-state index contributed by atoms with van der Waals surface area (Å²) in [5, 5.41) is 3.42. The molecule has 1 aromatic carbocycles. The largest absolute Gasteiger partial charge is 0.491 e. The fourth-order valence-electron chi connectivity index (χ4n) is 2.59. The average Bonchev–Trinajstić information content (AvgIpc) is 2.37. The van der Waals surface area contributed by atoms with Gasteiger partial charge in [0, 0.05) is 0 Å². The maximum Gasteiger partial charge on any atom is 0.119 e. The molecule has 1 N–H and O–H groups in total. The van der Waals surface area contributed by atoms with Gasteiger partial charge in [-0.05, 0) is 76.2 Å². The molecular weight excluding hydrogens is 222 g/mol. The predicted octanol–water partition coefficient (Wildman–Crippen LogP) is 3.41. The lowest BCUT2D eigenvalue weighted by Gasteiger charge is -2.22. The van der Waals surface area contributed by atoms with E-state index in [2.05, 4.69) is 37.4 Å². The second-order valence-electron chi connectivity index (χ2n) is 5.55. The SMILES string of the molecule is CC(C)Oc1cccc(CCC2CCNCC2)c1. The molecule has 2 nitrogen and oxygen atoms in total. The van der Waals surface area contributed by atoms with Gasteiger partial charge in [0.1, 0.15) is 5.75 Å². The van der Waals surface area contributed by atoms with Crippen LogP contribution < -0.4 is 10.1 Å². The number of benzene rings is 1. The summed E-state index contributed by atoms with van der Waals surface area (Å²) in [5.41, 5.74) is 1.41. The zero-order chi connectivity index (χ0) is 12.8. The van der Waals surface area contributed by atoms with Crippen LogP contribution in [0.2, 0.25) is 0 Å². The first-order valence-electron chi connectivity index (χ1n) is 7.20. The first-order chi connectivity index (χ1) is 8.74. The van der Waals surface area contributed by atoms with E-state index in [1.54, 1.807) is 0 Å². The number of nitrogens with one attached hydrogen (secondary N) is 1. The van der Waals surface area contributed by atoms with Gasteiger partial charge in [0.2, 0.25) is 0 Å². The van der Waals surface area contributed by atoms with E-state index in [-0.39, 0.29) is 6.10 Å². The molecule has 0 aromatic heterocycles. The molecule has 0 bridgehead atoms. The van der Waals surface area contributed by atoms with E-state index in [1.165, 1.54) is 44.3 Å². The third-order valence-corrected chi connectivity index (χ3v) is 3.57. The Morgan fingerprint density at radius 3 is 2.78 bits per heavy atom. The van der Waals surface area contributed by atoms with Gasteiger partial charge in [-0.2, -0.15) is 0 Å². The van der Waals surface area contributed by atoms with Crippen LogP contribution in [0.3, 0.4) is 0 Å². The summed E-state index contributed by atoms with van der Waals surface area (Å²) in [4.78, 5) is 0. The summed E-state index contributed by atoms with van der Waals surface area (Å²) in [5.74, 6) is 1.91. The van der Waals surface area contributed by atoms with Crippen molar-refractivity contribution in [3.63, 3.8) is 0 Å². The van der Waals surface area contributed by atoms with Gasteiger partial charge in [0.05, 0.1) is 6.10 Å². The number of piperidine rings is 1. The third kappa shape index (κ3) is 4.34. The van der Waals surface area contributed by atoms with E-state index in [1.807, 2.05) is 6.07 Å². The quantitative estimate of drug-likeness (QED) is 0.861. The van der Waals surface area contributed by atoms with E-state index in [9.17, 15) is 0 Å². The van der Waals surface area contributed by atoms with Crippen molar-refractivity contribution in [1.82, 2.24) is 5.32 Å². The maximum absolute atomic E-state index is 5.74. The smallest absolute Gasteiger partial charge is 0.119 e. The van der Waals surface area contributed by atoms with Crippen LogP contribution >= 0.6 is 0 Å². The highest BCUT2D eigenvalue weighted by Gasteiger charge is 2.12. The standard InChI is InChI=1S/C16H25NO/c1-13(2)18-16-5-3-4-15(12-16)7-6-14-8-10-17-11-9-14/h3-5,12-14,17H,6-11H2,1-2H3. The van der Waals surface area contributed by atoms with Crippen LogP contribution in [-0.2, 0) is 6.42 Å². The lowest BCUT2D eigenvalue weighted by atomic mass is 9.91. The average molecular weight is 247 g/mol. The van der Waals surface area contributed by atoms with Crippen molar-refractivity contribution in [2.24, 2.45) is 5.92 Å². The zero-order valence-electron chi connectivity index (χ0n) is 11.6. The van der Waals surface area contributed by atoms with Crippen LogP contribution in [0.25, 0.3) is 0 Å². The van der Waals surface area contributed by atoms with Crippen LogP contribution in [0.5, 0.6) is 5.75 Å². The van der Waals surface area contributed by atoms with Gasteiger partial charge in [-0.3, -0.25) is 0 Å². The molecule has 1 aliphatic rings. The fourth-order valence-corrected chi connectivity index (χ4v) is 2.59. The molecule has 0 aliphatic carbocycles. The zero-order valence-corrected chi connectivity index (χ0v) is 11.6. The number of hydrogen-bond acceptors (Lipinski definition) is 2. The minimum atomic E-state index is 0.254. The van der Waals surface area contributed by atoms with Crippen molar-refractivity contribution in [2.75, 3.05) is 13.1 Å². The van der Waals surface area contributed by atoms with Crippen LogP contribution in [-0.4, -0.2) is 19.2 Å². The van der Waals surface area contributed by atoms with Crippen molar-refractivity contribution >= 4 is 0 Å². The molecule has 0 spiro atoms. The molecule has 0 radical (unpaired) electrons. The molecule has 0 amide bonds. The Kier molecular flexibility index (Phi) is 5.06. The highest BCUT2D eigenvalue weighted by atomic mass is 16.5. The molecule has 1 fully saturated rings. The van der Waals surface area contributed by atoms with Gasteiger partial charge in [-0.1, -0.05) is 12.1 Å². The second-order valence-corrected chi connectivity index (χ2v) is 5.55. The van der Waals surface area contributed by atoms with Crippen molar-refractivity contribution in [3.8, 4) is 5.75 Å². The molecule has 1 heterocycles. The Labute approximate surface area is 111 Å². The van der Waals surface area contributed by atoms with Crippen LogP contribution in [0.4, 0.5) is 0 Å². The van der Waals surface area contributed by atoms with Gasteiger partial charge in [-0.25, -0.2) is 0 Å². The van der Waals surface area contributed by atoms with E-state index < -0.39 is 0 Å². The van der Waals surface area contributed by atoms with Gasteiger partial charge in [0.25, 0.3) is 0 Å². The Morgan fingerprint density at radius 2 is 2.06 bits per heavy atom. The molecule has 0 atom stereocenters. The van der Waals surface area contributed by atoms with Crippen LogP contribution in [0.15, 0.2) is 24.3 Å². The highest BCUT2D eigenvalue weighted by Crippen LogP contribution is 2.21. The van der Waals surface area contributed by atoms with Crippen molar-refractivity contribution in [2.45, 2.75) is 45.6 Å². The van der Waals surface area contributed by atoms with Gasteiger partial charge >= 0.3 is 0 Å². The maximum atomic E-state index is 5.74. The Hall–Kier alpha value is -1.02. The highest BCUT2D eigenvalue weighted by molar-refractivity contribution is 5.28. The summed E-state index contributed by atoms with van der Waals surface area (Å²) in [6.07, 6.45) is 5.42. The lowest BCUT2D eigenvalue weighted by Crippen LogP contribution is -2.27. The summed E-state index contributed by atoms with van der Waals surface area (Å²) in [7, 11) is 0. The minimum absolute atomic E-state index is 0.254. The molecule has 0 unspecified atom stereocenters. The lowest BCUT2D eigenvalue weighted by molar-refractivity contribution is 0.242. The second kappa shape index (κ2) is 6.79. The van der Waals surface area contributed by atoms with E-state index in [0.717, 1.165) is 11.7 Å². The summed E-state index contributed by atoms with van der Waals surface area (Å²) in [6, 6.07) is 8.57. The normalized spacial score (nSPS) is 17.1. The van der Waals surface area contributed by atoms with E-state index in [4.69, 9.17) is 4.74 Å². The van der Waals surface area contributed by atoms with Crippen molar-refractivity contribution < 1.29 is 4.74 Å². The molecule has 18 heavy (non-hydrogen) atoms.